The highest BCUT2D eigenvalue weighted by molar-refractivity contribution is 5.72. The number of carbonyl (C=O) groups excluding carboxylic acids is 4. The predicted molar refractivity (Wildman–Crippen MR) is 561 cm³/mol. The zero-order valence-electron chi connectivity index (χ0n) is 87.1. The quantitative estimate of drug-likeness (QED) is 0.0157. The molecule has 806 valence electrons. The molecule has 0 spiro atoms. The number of halogens is 8. The molecule has 0 bridgehead atoms. The molecule has 0 saturated heterocycles. The van der Waals surface area contributed by atoms with Crippen molar-refractivity contribution in [3.63, 3.8) is 0 Å². The third kappa shape index (κ3) is 49.9. The number of ether oxygens (including phenoxy) is 12. The van der Waals surface area contributed by atoms with Crippen molar-refractivity contribution in [3.8, 4) is 90.5 Å². The summed E-state index contributed by atoms with van der Waals surface area (Å²) in [6.45, 7) is 18.5. The molecule has 28 heteroatoms. The molecule has 0 aliphatic rings. The van der Waals surface area contributed by atoms with Gasteiger partial charge in [0.2, 0.25) is 0 Å². The van der Waals surface area contributed by atoms with Gasteiger partial charge in [-0.2, -0.15) is 0 Å². The molecule has 0 fully saturated rings. The normalized spacial score (nSPS) is 11.4. The lowest BCUT2D eigenvalue weighted by atomic mass is 10.0. The van der Waals surface area contributed by atoms with Gasteiger partial charge in [0.05, 0.1) is 105 Å². The Labute approximate surface area is 862 Å². The zero-order chi connectivity index (χ0) is 104. The fourth-order valence-electron chi connectivity index (χ4n) is 16.5. The average molecular weight is 2040 g/mol. The van der Waals surface area contributed by atoms with Crippen LogP contribution < -0.4 is 48.5 Å². The van der Waals surface area contributed by atoms with Gasteiger partial charge in [0, 0.05) is 26.2 Å². The molecule has 0 aromatic heterocycles. The highest BCUT2D eigenvalue weighted by Gasteiger charge is 2.22. The van der Waals surface area contributed by atoms with Crippen molar-refractivity contribution in [2.45, 2.75) is 285 Å². The highest BCUT2D eigenvalue weighted by atomic mass is 19.2. The summed E-state index contributed by atoms with van der Waals surface area (Å²) in [5.41, 5.74) is 4.20. The summed E-state index contributed by atoms with van der Waals surface area (Å²) in [5, 5.41) is 7.12. The van der Waals surface area contributed by atoms with Gasteiger partial charge in [-0.1, -0.05) is 153 Å². The number of hydrogen-bond acceptors (Lipinski definition) is 20. The van der Waals surface area contributed by atoms with Gasteiger partial charge in [-0.05, 0) is 335 Å². The maximum absolute atomic E-state index is 14.9. The van der Waals surface area contributed by atoms with Gasteiger partial charge in [-0.3, -0.25) is 19.2 Å². The van der Waals surface area contributed by atoms with Crippen LogP contribution in [0.1, 0.15) is 285 Å². The van der Waals surface area contributed by atoms with Gasteiger partial charge in [0.1, 0.15) is 23.0 Å². The molecule has 2 N–H and O–H groups in total. The van der Waals surface area contributed by atoms with E-state index in [1.807, 2.05) is 0 Å². The number of nitrogens with one attached hydrogen (secondary N) is 2. The maximum Gasteiger partial charge on any atom is 0.307 e. The van der Waals surface area contributed by atoms with Gasteiger partial charge in [-0.25, -0.2) is 35.1 Å². The van der Waals surface area contributed by atoms with Gasteiger partial charge >= 0.3 is 23.9 Å². The molecule has 8 aromatic rings. The highest BCUT2D eigenvalue weighted by Crippen LogP contribution is 2.36. The van der Waals surface area contributed by atoms with E-state index < -0.39 is 46.5 Å². The Hall–Kier alpha value is -10.7. The van der Waals surface area contributed by atoms with Crippen molar-refractivity contribution in [1.82, 2.24) is 20.4 Å². The van der Waals surface area contributed by atoms with E-state index in [4.69, 9.17) is 56.8 Å². The summed E-state index contributed by atoms with van der Waals surface area (Å²) in [5.74, 6) is -5.99. The Bertz CT molecular complexity index is 4240. The summed E-state index contributed by atoms with van der Waals surface area (Å²) < 4.78 is 188. The first-order chi connectivity index (χ1) is 71.3. The summed E-state index contributed by atoms with van der Waals surface area (Å²) in [7, 11) is 0. The lowest BCUT2D eigenvalue weighted by Crippen LogP contribution is -2.32. The minimum absolute atomic E-state index is 0.163. The fourth-order valence-corrected chi connectivity index (χ4v) is 16.5. The number of esters is 4. The Morgan fingerprint density at radius 2 is 0.384 bits per heavy atom. The van der Waals surface area contributed by atoms with E-state index in [2.05, 4.69) is 48.1 Å². The van der Waals surface area contributed by atoms with Crippen molar-refractivity contribution in [2.24, 2.45) is 0 Å². The van der Waals surface area contributed by atoms with E-state index in [1.54, 1.807) is 97.1 Å². The molecule has 0 amide bonds. The smallest absolute Gasteiger partial charge is 0.307 e. The minimum Gasteiger partial charge on any atom is -0.494 e. The van der Waals surface area contributed by atoms with E-state index in [1.165, 1.54) is 48.5 Å². The van der Waals surface area contributed by atoms with E-state index >= 15 is 0 Å². The number of nitrogens with zero attached hydrogens (tertiary/aromatic N) is 2. The van der Waals surface area contributed by atoms with Gasteiger partial charge in [0.15, 0.2) is 69.5 Å². The van der Waals surface area contributed by atoms with Crippen LogP contribution in [0.4, 0.5) is 35.1 Å². The Balaban J connectivity index is 0.716. The van der Waals surface area contributed by atoms with Crippen molar-refractivity contribution in [2.75, 3.05) is 145 Å². The lowest BCUT2D eigenvalue weighted by molar-refractivity contribution is -0.146. The van der Waals surface area contributed by atoms with Gasteiger partial charge < -0.3 is 77.3 Å². The first-order valence-corrected chi connectivity index (χ1v) is 54.2. The summed E-state index contributed by atoms with van der Waals surface area (Å²) in [6, 6.07) is 38.7. The van der Waals surface area contributed by atoms with Crippen molar-refractivity contribution in [3.05, 3.63) is 192 Å². The monoisotopic (exact) mass is 2040 g/mol. The molecule has 0 unspecified atom stereocenters. The zero-order valence-corrected chi connectivity index (χ0v) is 87.1. The lowest BCUT2D eigenvalue weighted by Gasteiger charge is -2.22. The number of benzene rings is 8. The number of rotatable bonds is 85. The van der Waals surface area contributed by atoms with Crippen LogP contribution in [0, 0.1) is 46.5 Å². The second kappa shape index (κ2) is 74.2. The number of unbranched alkanes of at least 4 members (excludes halogenated alkanes) is 25. The molecular weight excluding hydrogens is 1880 g/mol. The van der Waals surface area contributed by atoms with Crippen molar-refractivity contribution in [1.29, 1.82) is 0 Å². The third-order valence-corrected chi connectivity index (χ3v) is 25.1. The standard InChI is InChI=1S/C118H162F8N4O16/c1-5-9-13-27-79-143-115-103(119)83-95(84-104(115)120)91-41-49-99(50-42-91)135-71-31-17-21-35-75-139-111(131)57-67-129(68-58-112(132)140-76-36-22-18-32-72-136-100-51-43-92(44-52-100)96-85-105(121)116(106(122)86-96)144-80-28-14-10-6-2)65-39-63-127-61-25-26-62-128-64-40-66-130(69-59-113(133)141-77-37-23-19-33-73-137-101-53-45-93(46-54-101)97-87-107(123)117(108(124)88-97)145-81-29-15-11-7-3)70-60-114(134)142-78-38-24-20-34-74-138-102-55-47-94(48-56-102)98-89-109(125)118(110(126)90-98)146-82-30-16-12-8-4/h41-56,83-90,127-128H,5-40,57-82H2,1-4H3. The summed E-state index contributed by atoms with van der Waals surface area (Å²) >= 11 is 0. The molecule has 0 atom stereocenters. The fraction of sp³-hybridized carbons (Fsp3) is 0.559. The molecule has 8 rings (SSSR count). The van der Waals surface area contributed by atoms with Crippen molar-refractivity contribution >= 4 is 23.9 Å². The average Bonchev–Trinajstić information content (AvgIpc) is 0.830. The molecule has 0 saturated carbocycles. The van der Waals surface area contributed by atoms with E-state index in [-0.39, 0.29) is 125 Å². The van der Waals surface area contributed by atoms with Crippen LogP contribution >= 0.6 is 0 Å². The van der Waals surface area contributed by atoms with Crippen LogP contribution in [0.3, 0.4) is 0 Å². The molecule has 0 aliphatic heterocycles. The van der Waals surface area contributed by atoms with E-state index in [0.29, 0.717) is 159 Å². The molecule has 8 aromatic carbocycles. The van der Waals surface area contributed by atoms with Crippen LogP contribution in [0.5, 0.6) is 46.0 Å². The van der Waals surface area contributed by atoms with Crippen LogP contribution in [0.15, 0.2) is 146 Å². The Morgan fingerprint density at radius 1 is 0.205 bits per heavy atom. The number of hydrogen-bond donors (Lipinski definition) is 2. The van der Waals surface area contributed by atoms with Gasteiger partial charge in [0.25, 0.3) is 0 Å². The van der Waals surface area contributed by atoms with Crippen LogP contribution in [0.2, 0.25) is 0 Å². The number of carbonyl (C=O) groups is 4. The Morgan fingerprint density at radius 3 is 0.582 bits per heavy atom. The van der Waals surface area contributed by atoms with Crippen LogP contribution in [-0.2, 0) is 38.1 Å². The second-order valence-electron chi connectivity index (χ2n) is 37.3. The van der Waals surface area contributed by atoms with Crippen LogP contribution in [0.25, 0.3) is 44.5 Å². The molecular formula is C118H162F8N4O16. The summed E-state index contributed by atoms with van der Waals surface area (Å²) in [6.07, 6.45) is 31.8. The largest absolute Gasteiger partial charge is 0.494 e. The Kier molecular flexibility index (Phi) is 61.3. The van der Waals surface area contributed by atoms with Crippen LogP contribution in [-0.4, -0.2) is 178 Å². The SMILES string of the molecule is CCCCCCOc1c(F)cc(-c2ccc(OCCCCCCOC(=O)CCN(CCCNCCCCNCCCN(CCC(=O)OCCCCCCOc3ccc(-c4cc(F)c(OCCCCCC)c(F)c4)cc3)CCC(=O)OCCCCCCOc3ccc(-c4cc(F)c(OCCCCCC)c(F)c4)cc3)CCC(=O)OCCCCCCOc3ccc(-c4cc(F)c(OCCCCCC)c(F)c4)cc3)cc2)cc1F. The maximum atomic E-state index is 14.9. The summed E-state index contributed by atoms with van der Waals surface area (Å²) in [4.78, 5) is 56.8. The van der Waals surface area contributed by atoms with E-state index in [9.17, 15) is 54.3 Å². The first-order valence-electron chi connectivity index (χ1n) is 54.2. The molecule has 0 aliphatic carbocycles. The third-order valence-electron chi connectivity index (χ3n) is 25.1. The topological polar surface area (TPSA) is 210 Å². The second-order valence-corrected chi connectivity index (χ2v) is 37.3. The first kappa shape index (κ1) is 121. The van der Waals surface area contributed by atoms with E-state index in [0.717, 1.165) is 232 Å². The molecule has 20 nitrogen and oxygen atoms in total. The predicted octanol–water partition coefficient (Wildman–Crippen LogP) is 28.2. The molecule has 0 radical (unpaired) electrons. The van der Waals surface area contributed by atoms with Crippen molar-refractivity contribution < 1.29 is 111 Å². The molecule has 0 heterocycles. The molecule has 146 heavy (non-hydrogen) atoms. The van der Waals surface area contributed by atoms with Gasteiger partial charge in [-0.15, -0.1) is 0 Å². The minimum atomic E-state index is -0.738.